The van der Waals surface area contributed by atoms with Gasteiger partial charge >= 0.3 is 0 Å². The number of nitrogens with two attached hydrogens (primary N) is 1. The van der Waals surface area contributed by atoms with Crippen LogP contribution in [0.2, 0.25) is 0 Å². The smallest absolute Gasteiger partial charge is 0.134 e. The third-order valence-electron chi connectivity index (χ3n) is 2.96. The Kier molecular flexibility index (Phi) is 3.45. The summed E-state index contributed by atoms with van der Waals surface area (Å²) in [6.07, 6.45) is 0. The van der Waals surface area contributed by atoms with E-state index in [-0.39, 0.29) is 11.9 Å². The van der Waals surface area contributed by atoms with Crippen molar-refractivity contribution in [3.05, 3.63) is 35.3 Å². The Bertz CT molecular complexity index is 521. The Morgan fingerprint density at radius 1 is 1.47 bits per heavy atom. The molecule has 1 aromatic heterocycles. The van der Waals surface area contributed by atoms with Crippen LogP contribution in [-0.2, 0) is 6.54 Å². The zero-order valence-electron chi connectivity index (χ0n) is 10.1. The summed E-state index contributed by atoms with van der Waals surface area (Å²) in [7, 11) is 0. The van der Waals surface area contributed by atoms with Gasteiger partial charge in [-0.05, 0) is 37.6 Å². The number of benzene rings is 1. The highest BCUT2D eigenvalue weighted by Crippen LogP contribution is 2.25. The number of fused-ring (bicyclic) bond motifs is 1. The van der Waals surface area contributed by atoms with Gasteiger partial charge in [0.2, 0.25) is 0 Å². The Morgan fingerprint density at radius 3 is 2.94 bits per heavy atom. The molecule has 17 heavy (non-hydrogen) atoms. The average Bonchev–Trinajstić information content (AvgIpc) is 2.63. The summed E-state index contributed by atoms with van der Waals surface area (Å²) in [5, 5.41) is 4.09. The second-order valence-electron chi connectivity index (χ2n) is 4.31. The van der Waals surface area contributed by atoms with Gasteiger partial charge in [0.15, 0.2) is 0 Å². The number of halogens is 1. The summed E-state index contributed by atoms with van der Waals surface area (Å²) in [5.74, 6) is 0.599. The van der Waals surface area contributed by atoms with Crippen LogP contribution in [0.3, 0.4) is 0 Å². The number of rotatable bonds is 4. The molecule has 1 heterocycles. The molecule has 92 valence electrons. The highest BCUT2D eigenvalue weighted by molar-refractivity contribution is 5.82. The van der Waals surface area contributed by atoms with Gasteiger partial charge in [-0.25, -0.2) is 4.39 Å². The summed E-state index contributed by atoms with van der Waals surface area (Å²) < 4.78 is 18.8. The Balaban J connectivity index is 2.26. The zero-order chi connectivity index (χ0) is 12.4. The van der Waals surface area contributed by atoms with Gasteiger partial charge in [0.05, 0.1) is 6.54 Å². The second kappa shape index (κ2) is 4.85. The van der Waals surface area contributed by atoms with Crippen LogP contribution in [0, 0.1) is 12.7 Å². The van der Waals surface area contributed by atoms with Crippen LogP contribution in [0.4, 0.5) is 4.39 Å². The topological polar surface area (TPSA) is 51.2 Å². The first kappa shape index (κ1) is 12.1. The van der Waals surface area contributed by atoms with Gasteiger partial charge in [0.25, 0.3) is 0 Å². The van der Waals surface area contributed by atoms with Crippen molar-refractivity contribution >= 4 is 11.0 Å². The third kappa shape index (κ3) is 2.48. The molecule has 0 aliphatic carbocycles. The molecule has 0 aliphatic rings. The average molecular weight is 236 g/mol. The van der Waals surface area contributed by atoms with Crippen LogP contribution < -0.4 is 11.1 Å². The quantitative estimate of drug-likeness (QED) is 0.856. The summed E-state index contributed by atoms with van der Waals surface area (Å²) in [6, 6.07) is 4.81. The molecule has 0 amide bonds. The maximum absolute atomic E-state index is 13.1. The lowest BCUT2D eigenvalue weighted by molar-refractivity contribution is 0.475. The zero-order valence-corrected chi connectivity index (χ0v) is 10.1. The van der Waals surface area contributed by atoms with Gasteiger partial charge in [0.1, 0.15) is 17.2 Å². The molecule has 0 fully saturated rings. The van der Waals surface area contributed by atoms with Crippen LogP contribution in [-0.4, -0.2) is 12.6 Å². The SMILES string of the molecule is Cc1c(CN[C@@H](C)CN)oc2ccc(F)cc12. The van der Waals surface area contributed by atoms with Crippen LogP contribution in [0.1, 0.15) is 18.2 Å². The van der Waals surface area contributed by atoms with E-state index in [0.29, 0.717) is 13.1 Å². The fraction of sp³-hybridized carbons (Fsp3) is 0.385. The molecule has 2 rings (SSSR count). The van der Waals surface area contributed by atoms with Crippen LogP contribution in [0.15, 0.2) is 22.6 Å². The maximum atomic E-state index is 13.1. The Hall–Kier alpha value is -1.39. The van der Waals surface area contributed by atoms with Crippen molar-refractivity contribution in [2.24, 2.45) is 5.73 Å². The number of aryl methyl sites for hydroxylation is 1. The molecule has 0 saturated carbocycles. The monoisotopic (exact) mass is 236 g/mol. The van der Waals surface area contributed by atoms with E-state index >= 15 is 0 Å². The van der Waals surface area contributed by atoms with Crippen molar-refractivity contribution in [2.75, 3.05) is 6.54 Å². The van der Waals surface area contributed by atoms with Crippen molar-refractivity contribution in [1.82, 2.24) is 5.32 Å². The van der Waals surface area contributed by atoms with E-state index in [2.05, 4.69) is 5.32 Å². The molecule has 2 aromatic rings. The van der Waals surface area contributed by atoms with E-state index in [0.717, 1.165) is 22.3 Å². The van der Waals surface area contributed by atoms with E-state index < -0.39 is 0 Å². The van der Waals surface area contributed by atoms with Gasteiger partial charge in [-0.1, -0.05) is 0 Å². The normalized spacial score (nSPS) is 13.2. The molecule has 0 radical (unpaired) electrons. The molecule has 0 saturated heterocycles. The maximum Gasteiger partial charge on any atom is 0.134 e. The largest absolute Gasteiger partial charge is 0.459 e. The lowest BCUT2D eigenvalue weighted by atomic mass is 10.1. The molecule has 0 bridgehead atoms. The van der Waals surface area contributed by atoms with Gasteiger partial charge in [-0.2, -0.15) is 0 Å². The van der Waals surface area contributed by atoms with E-state index in [4.69, 9.17) is 10.2 Å². The first-order valence-electron chi connectivity index (χ1n) is 5.72. The van der Waals surface area contributed by atoms with Crippen LogP contribution in [0.5, 0.6) is 0 Å². The lowest BCUT2D eigenvalue weighted by Gasteiger charge is -2.09. The molecule has 1 aromatic carbocycles. The predicted octanol–water partition coefficient (Wildman–Crippen LogP) is 2.32. The minimum Gasteiger partial charge on any atom is -0.459 e. The summed E-state index contributed by atoms with van der Waals surface area (Å²) in [5.41, 5.74) is 7.23. The van der Waals surface area contributed by atoms with Crippen LogP contribution in [0.25, 0.3) is 11.0 Å². The summed E-state index contributed by atoms with van der Waals surface area (Å²) in [4.78, 5) is 0. The Morgan fingerprint density at radius 2 is 2.24 bits per heavy atom. The molecule has 0 spiro atoms. The van der Waals surface area contributed by atoms with Gasteiger partial charge in [-0.3, -0.25) is 0 Å². The molecule has 1 atom stereocenters. The van der Waals surface area contributed by atoms with E-state index in [1.54, 1.807) is 6.07 Å². The second-order valence-corrected chi connectivity index (χ2v) is 4.31. The molecular weight excluding hydrogens is 219 g/mol. The van der Waals surface area contributed by atoms with Gasteiger partial charge in [0, 0.05) is 18.0 Å². The number of hydrogen-bond acceptors (Lipinski definition) is 3. The predicted molar refractivity (Wildman–Crippen MR) is 66.3 cm³/mol. The van der Waals surface area contributed by atoms with E-state index in [1.807, 2.05) is 13.8 Å². The standard InChI is InChI=1S/C13H17FN2O/c1-8(6-15)16-7-13-9(2)11-5-10(14)3-4-12(11)17-13/h3-5,8,16H,6-7,15H2,1-2H3/t8-/m0/s1. The van der Waals surface area contributed by atoms with Crippen molar-refractivity contribution in [3.63, 3.8) is 0 Å². The Labute approximate surface area is 99.8 Å². The van der Waals surface area contributed by atoms with Crippen LogP contribution >= 0.6 is 0 Å². The fourth-order valence-electron chi connectivity index (χ4n) is 1.76. The van der Waals surface area contributed by atoms with E-state index in [9.17, 15) is 4.39 Å². The van der Waals surface area contributed by atoms with Crippen molar-refractivity contribution < 1.29 is 8.81 Å². The summed E-state index contributed by atoms with van der Waals surface area (Å²) >= 11 is 0. The van der Waals surface area contributed by atoms with Crippen molar-refractivity contribution in [2.45, 2.75) is 26.4 Å². The molecular formula is C13H17FN2O. The first-order valence-corrected chi connectivity index (χ1v) is 5.72. The number of nitrogens with one attached hydrogen (secondary N) is 1. The highest BCUT2D eigenvalue weighted by atomic mass is 19.1. The molecule has 0 aliphatic heterocycles. The molecule has 0 unspecified atom stereocenters. The summed E-state index contributed by atoms with van der Waals surface area (Å²) in [6.45, 7) is 5.14. The van der Waals surface area contributed by atoms with Crippen molar-refractivity contribution in [3.8, 4) is 0 Å². The highest BCUT2D eigenvalue weighted by Gasteiger charge is 2.11. The molecule has 3 nitrogen and oxygen atoms in total. The lowest BCUT2D eigenvalue weighted by Crippen LogP contribution is -2.32. The molecule has 4 heteroatoms. The fourth-order valence-corrected chi connectivity index (χ4v) is 1.76. The van der Waals surface area contributed by atoms with Gasteiger partial charge < -0.3 is 15.5 Å². The first-order chi connectivity index (χ1) is 8.11. The van der Waals surface area contributed by atoms with Gasteiger partial charge in [-0.15, -0.1) is 0 Å². The molecule has 3 N–H and O–H groups in total. The minimum atomic E-state index is -0.240. The third-order valence-corrected chi connectivity index (χ3v) is 2.96. The minimum absolute atomic E-state index is 0.236. The number of furan rings is 1. The van der Waals surface area contributed by atoms with E-state index in [1.165, 1.54) is 12.1 Å². The van der Waals surface area contributed by atoms with Crippen molar-refractivity contribution in [1.29, 1.82) is 0 Å². The number of hydrogen-bond donors (Lipinski definition) is 2.